The van der Waals surface area contributed by atoms with Gasteiger partial charge in [-0.05, 0) is 53.3 Å². The van der Waals surface area contributed by atoms with Gasteiger partial charge < -0.3 is 4.98 Å². The van der Waals surface area contributed by atoms with Crippen molar-refractivity contribution in [3.05, 3.63) is 51.6 Å². The molecule has 1 heterocycles. The van der Waals surface area contributed by atoms with Crippen LogP contribution in [0, 0.1) is 10.5 Å². The zero-order valence-corrected chi connectivity index (χ0v) is 11.5. The number of hydrogen-bond donors (Lipinski definition) is 1. The van der Waals surface area contributed by atoms with E-state index in [9.17, 15) is 0 Å². The van der Waals surface area contributed by atoms with E-state index in [4.69, 9.17) is 0 Å². The average Bonchev–Trinajstić information content (AvgIpc) is 2.76. The van der Waals surface area contributed by atoms with E-state index in [1.54, 1.807) is 0 Å². The minimum absolute atomic E-state index is 0.946. The first kappa shape index (κ1) is 10.8. The van der Waals surface area contributed by atoms with Gasteiger partial charge in [-0.1, -0.05) is 24.3 Å². The quantitative estimate of drug-likeness (QED) is 0.666. The summed E-state index contributed by atoms with van der Waals surface area (Å²) in [6.07, 6.45) is 0. The van der Waals surface area contributed by atoms with Crippen LogP contribution in [0.4, 0.5) is 0 Å². The molecule has 0 unspecified atom stereocenters. The van der Waals surface area contributed by atoms with E-state index in [2.05, 4.69) is 63.7 Å². The summed E-state index contributed by atoms with van der Waals surface area (Å²) in [5.41, 5.74) is 4.54. The second-order valence-corrected chi connectivity index (χ2v) is 5.18. The molecular formula is C14H11IN2. The first-order valence-corrected chi connectivity index (χ1v) is 6.54. The maximum absolute atomic E-state index is 4.63. The molecule has 2 nitrogen and oxygen atoms in total. The molecule has 0 aliphatic heterocycles. The SMILES string of the molecule is Cc1c(I)cccc1-c1nc2ccccc2[nH]1. The number of aromatic amines is 1. The fourth-order valence-corrected chi connectivity index (χ4v) is 2.44. The number of halogens is 1. The molecule has 0 aliphatic carbocycles. The van der Waals surface area contributed by atoms with E-state index in [0.717, 1.165) is 16.9 Å². The molecule has 0 fully saturated rings. The van der Waals surface area contributed by atoms with Crippen molar-refractivity contribution in [2.45, 2.75) is 6.92 Å². The Labute approximate surface area is 113 Å². The van der Waals surface area contributed by atoms with Crippen LogP contribution in [0.1, 0.15) is 5.56 Å². The average molecular weight is 334 g/mol. The van der Waals surface area contributed by atoms with Crippen LogP contribution in [-0.4, -0.2) is 9.97 Å². The summed E-state index contributed by atoms with van der Waals surface area (Å²) in [7, 11) is 0. The van der Waals surface area contributed by atoms with Crippen molar-refractivity contribution in [1.82, 2.24) is 9.97 Å². The van der Waals surface area contributed by atoms with Crippen molar-refractivity contribution in [3.8, 4) is 11.4 Å². The lowest BCUT2D eigenvalue weighted by molar-refractivity contribution is 1.30. The molecule has 0 bridgehead atoms. The van der Waals surface area contributed by atoms with Gasteiger partial charge in [0, 0.05) is 9.13 Å². The highest BCUT2D eigenvalue weighted by Gasteiger charge is 2.08. The third-order valence-electron chi connectivity index (χ3n) is 2.91. The van der Waals surface area contributed by atoms with Crippen molar-refractivity contribution >= 4 is 33.6 Å². The number of hydrogen-bond acceptors (Lipinski definition) is 1. The molecular weight excluding hydrogens is 323 g/mol. The van der Waals surface area contributed by atoms with Crippen LogP contribution >= 0.6 is 22.6 Å². The lowest BCUT2D eigenvalue weighted by atomic mass is 10.1. The first-order valence-electron chi connectivity index (χ1n) is 5.46. The molecule has 0 radical (unpaired) electrons. The zero-order valence-electron chi connectivity index (χ0n) is 9.37. The Balaban J connectivity index is 2.24. The highest BCUT2D eigenvalue weighted by Crippen LogP contribution is 2.26. The number of nitrogens with one attached hydrogen (secondary N) is 1. The number of fused-ring (bicyclic) bond motifs is 1. The molecule has 0 atom stereocenters. The van der Waals surface area contributed by atoms with E-state index in [0.29, 0.717) is 0 Å². The van der Waals surface area contributed by atoms with Crippen LogP contribution in [0.15, 0.2) is 42.5 Å². The summed E-state index contributed by atoms with van der Waals surface area (Å²) in [5, 5.41) is 0. The maximum Gasteiger partial charge on any atom is 0.138 e. The molecule has 2 aromatic carbocycles. The van der Waals surface area contributed by atoms with Gasteiger partial charge in [0.15, 0.2) is 0 Å². The smallest absolute Gasteiger partial charge is 0.138 e. The lowest BCUT2D eigenvalue weighted by Gasteiger charge is -2.03. The second kappa shape index (κ2) is 4.14. The van der Waals surface area contributed by atoms with Crippen LogP contribution in [0.5, 0.6) is 0 Å². The van der Waals surface area contributed by atoms with Crippen molar-refractivity contribution in [1.29, 1.82) is 0 Å². The van der Waals surface area contributed by atoms with Gasteiger partial charge in [0.05, 0.1) is 11.0 Å². The monoisotopic (exact) mass is 334 g/mol. The third kappa shape index (κ3) is 1.84. The topological polar surface area (TPSA) is 28.7 Å². The number of H-pyrrole nitrogens is 1. The van der Waals surface area contributed by atoms with Crippen LogP contribution < -0.4 is 0 Å². The van der Waals surface area contributed by atoms with Crippen molar-refractivity contribution in [3.63, 3.8) is 0 Å². The standard InChI is InChI=1S/C14H11IN2/c1-9-10(5-4-6-11(9)15)14-16-12-7-2-3-8-13(12)17-14/h2-8H,1H3,(H,16,17). The number of imidazole rings is 1. The molecule has 0 aliphatic rings. The summed E-state index contributed by atoms with van der Waals surface area (Å²) in [6.45, 7) is 2.13. The minimum atomic E-state index is 0.946. The Kier molecular flexibility index (Phi) is 2.63. The molecule has 1 aromatic heterocycles. The molecule has 3 rings (SSSR count). The van der Waals surface area contributed by atoms with Crippen molar-refractivity contribution in [2.75, 3.05) is 0 Å². The predicted octanol–water partition coefficient (Wildman–Crippen LogP) is 4.14. The normalized spacial score (nSPS) is 10.9. The van der Waals surface area contributed by atoms with Gasteiger partial charge in [0.1, 0.15) is 5.82 Å². The molecule has 3 aromatic rings. The van der Waals surface area contributed by atoms with Crippen LogP contribution in [-0.2, 0) is 0 Å². The maximum atomic E-state index is 4.63. The minimum Gasteiger partial charge on any atom is -0.338 e. The zero-order chi connectivity index (χ0) is 11.8. The predicted molar refractivity (Wildman–Crippen MR) is 79.0 cm³/mol. The largest absolute Gasteiger partial charge is 0.338 e. The Morgan fingerprint density at radius 2 is 1.88 bits per heavy atom. The van der Waals surface area contributed by atoms with Gasteiger partial charge in [0.2, 0.25) is 0 Å². The molecule has 17 heavy (non-hydrogen) atoms. The first-order chi connectivity index (χ1) is 8.25. The molecule has 0 amide bonds. The molecule has 0 spiro atoms. The van der Waals surface area contributed by atoms with Crippen LogP contribution in [0.25, 0.3) is 22.4 Å². The van der Waals surface area contributed by atoms with Crippen LogP contribution in [0.2, 0.25) is 0 Å². The number of para-hydroxylation sites is 2. The molecule has 3 heteroatoms. The van der Waals surface area contributed by atoms with E-state index >= 15 is 0 Å². The van der Waals surface area contributed by atoms with Gasteiger partial charge in [-0.2, -0.15) is 0 Å². The highest BCUT2D eigenvalue weighted by atomic mass is 127. The second-order valence-electron chi connectivity index (χ2n) is 4.01. The van der Waals surface area contributed by atoms with Gasteiger partial charge in [0.25, 0.3) is 0 Å². The van der Waals surface area contributed by atoms with Crippen molar-refractivity contribution < 1.29 is 0 Å². The van der Waals surface area contributed by atoms with E-state index in [1.807, 2.05) is 18.2 Å². The number of aromatic nitrogens is 2. The van der Waals surface area contributed by atoms with Gasteiger partial charge in [-0.3, -0.25) is 0 Å². The Morgan fingerprint density at radius 3 is 2.71 bits per heavy atom. The Morgan fingerprint density at radius 1 is 1.06 bits per heavy atom. The molecule has 84 valence electrons. The molecule has 0 saturated carbocycles. The summed E-state index contributed by atoms with van der Waals surface area (Å²) in [5.74, 6) is 0.946. The summed E-state index contributed by atoms with van der Waals surface area (Å²) in [4.78, 5) is 7.99. The third-order valence-corrected chi connectivity index (χ3v) is 4.08. The van der Waals surface area contributed by atoms with Crippen LogP contribution in [0.3, 0.4) is 0 Å². The van der Waals surface area contributed by atoms with E-state index in [-0.39, 0.29) is 0 Å². The summed E-state index contributed by atoms with van der Waals surface area (Å²) < 4.78 is 1.26. The fourth-order valence-electron chi connectivity index (χ4n) is 1.94. The molecule has 1 N–H and O–H groups in total. The Hall–Kier alpha value is -1.36. The summed E-state index contributed by atoms with van der Waals surface area (Å²) in [6, 6.07) is 14.4. The fraction of sp³-hybridized carbons (Fsp3) is 0.0714. The number of rotatable bonds is 1. The van der Waals surface area contributed by atoms with Crippen molar-refractivity contribution in [2.24, 2.45) is 0 Å². The molecule has 0 saturated heterocycles. The van der Waals surface area contributed by atoms with Gasteiger partial charge in [-0.15, -0.1) is 0 Å². The van der Waals surface area contributed by atoms with Gasteiger partial charge >= 0.3 is 0 Å². The van der Waals surface area contributed by atoms with E-state index in [1.165, 1.54) is 14.7 Å². The summed E-state index contributed by atoms with van der Waals surface area (Å²) >= 11 is 2.35. The highest BCUT2D eigenvalue weighted by molar-refractivity contribution is 14.1. The number of benzene rings is 2. The lowest BCUT2D eigenvalue weighted by Crippen LogP contribution is -1.88. The van der Waals surface area contributed by atoms with E-state index < -0.39 is 0 Å². The Bertz CT molecular complexity index is 653. The number of nitrogens with zero attached hydrogens (tertiary/aromatic N) is 1. The van der Waals surface area contributed by atoms with Gasteiger partial charge in [-0.25, -0.2) is 4.98 Å².